The molecule has 3 aromatic rings. The number of anilines is 1. The second-order valence-corrected chi connectivity index (χ2v) is 5.55. The van der Waals surface area contributed by atoms with Crippen LogP contribution in [0, 0.1) is 6.92 Å². The van der Waals surface area contributed by atoms with E-state index in [0.29, 0.717) is 5.88 Å². The van der Waals surface area contributed by atoms with Crippen molar-refractivity contribution in [1.29, 1.82) is 0 Å². The number of fused-ring (bicyclic) bond motifs is 1. The van der Waals surface area contributed by atoms with Crippen LogP contribution in [0.3, 0.4) is 0 Å². The van der Waals surface area contributed by atoms with Gasteiger partial charge in [-0.25, -0.2) is 4.98 Å². The number of rotatable bonds is 4. The SMILES string of the molecule is Cc1ccc(CN(C)c2nc3ccccn3c2CCl)cc1. The summed E-state index contributed by atoms with van der Waals surface area (Å²) in [6, 6.07) is 14.6. The van der Waals surface area contributed by atoms with E-state index in [1.165, 1.54) is 11.1 Å². The zero-order valence-electron chi connectivity index (χ0n) is 12.3. The zero-order valence-corrected chi connectivity index (χ0v) is 13.0. The maximum absolute atomic E-state index is 6.13. The van der Waals surface area contributed by atoms with Gasteiger partial charge in [0.15, 0.2) is 5.82 Å². The van der Waals surface area contributed by atoms with E-state index in [2.05, 4.69) is 43.1 Å². The fourth-order valence-electron chi connectivity index (χ4n) is 2.51. The summed E-state index contributed by atoms with van der Waals surface area (Å²) in [5.41, 5.74) is 4.50. The number of benzene rings is 1. The summed E-state index contributed by atoms with van der Waals surface area (Å²) in [6.45, 7) is 2.91. The molecule has 0 fully saturated rings. The number of hydrogen-bond donors (Lipinski definition) is 0. The minimum atomic E-state index is 0.443. The van der Waals surface area contributed by atoms with Gasteiger partial charge in [0.05, 0.1) is 11.6 Å². The van der Waals surface area contributed by atoms with Crippen LogP contribution in [0.1, 0.15) is 16.8 Å². The Kier molecular flexibility index (Phi) is 3.84. The van der Waals surface area contributed by atoms with Gasteiger partial charge in [-0.05, 0) is 24.6 Å². The molecule has 0 saturated carbocycles. The second-order valence-electron chi connectivity index (χ2n) is 5.29. The van der Waals surface area contributed by atoms with E-state index in [9.17, 15) is 0 Å². The lowest BCUT2D eigenvalue weighted by Crippen LogP contribution is -2.18. The predicted octanol–water partition coefficient (Wildman–Crippen LogP) is 4.02. The van der Waals surface area contributed by atoms with Crippen molar-refractivity contribution in [3.8, 4) is 0 Å². The number of imidazole rings is 1. The molecular weight excluding hydrogens is 282 g/mol. The Morgan fingerprint density at radius 1 is 1.14 bits per heavy atom. The number of pyridine rings is 1. The van der Waals surface area contributed by atoms with Crippen LogP contribution < -0.4 is 4.90 Å². The zero-order chi connectivity index (χ0) is 14.8. The number of hydrogen-bond acceptors (Lipinski definition) is 2. The van der Waals surface area contributed by atoms with Crippen molar-refractivity contribution in [2.24, 2.45) is 0 Å². The summed E-state index contributed by atoms with van der Waals surface area (Å²) in [6.07, 6.45) is 2.00. The Bertz CT molecular complexity index is 746. The molecule has 0 aliphatic heterocycles. The van der Waals surface area contributed by atoms with Crippen LogP contribution in [0.2, 0.25) is 0 Å². The van der Waals surface area contributed by atoms with Crippen molar-refractivity contribution in [2.75, 3.05) is 11.9 Å². The minimum Gasteiger partial charge on any atom is -0.354 e. The highest BCUT2D eigenvalue weighted by molar-refractivity contribution is 6.17. The number of aryl methyl sites for hydroxylation is 1. The Hall–Kier alpha value is -2.00. The molecule has 0 radical (unpaired) electrons. The molecule has 0 spiro atoms. The van der Waals surface area contributed by atoms with E-state index in [0.717, 1.165) is 23.7 Å². The molecule has 21 heavy (non-hydrogen) atoms. The molecule has 2 heterocycles. The Morgan fingerprint density at radius 2 is 1.90 bits per heavy atom. The fourth-order valence-corrected chi connectivity index (χ4v) is 2.75. The molecule has 1 aromatic carbocycles. The lowest BCUT2D eigenvalue weighted by molar-refractivity contribution is 0.894. The van der Waals surface area contributed by atoms with Gasteiger partial charge in [0.1, 0.15) is 5.65 Å². The monoisotopic (exact) mass is 299 g/mol. The minimum absolute atomic E-state index is 0.443. The quantitative estimate of drug-likeness (QED) is 0.678. The van der Waals surface area contributed by atoms with E-state index in [-0.39, 0.29) is 0 Å². The first-order valence-corrected chi connectivity index (χ1v) is 7.51. The van der Waals surface area contributed by atoms with Crippen LogP contribution in [0.25, 0.3) is 5.65 Å². The summed E-state index contributed by atoms with van der Waals surface area (Å²) < 4.78 is 2.05. The molecule has 0 bridgehead atoms. The van der Waals surface area contributed by atoms with E-state index in [1.54, 1.807) is 0 Å². The molecule has 2 aromatic heterocycles. The largest absolute Gasteiger partial charge is 0.354 e. The maximum Gasteiger partial charge on any atom is 0.152 e. The third-order valence-corrected chi connectivity index (χ3v) is 3.89. The van der Waals surface area contributed by atoms with Crippen molar-refractivity contribution in [2.45, 2.75) is 19.3 Å². The average molecular weight is 300 g/mol. The van der Waals surface area contributed by atoms with Gasteiger partial charge in [-0.2, -0.15) is 0 Å². The molecular formula is C17H18ClN3. The molecule has 0 saturated heterocycles. The van der Waals surface area contributed by atoms with Crippen molar-refractivity contribution in [3.63, 3.8) is 0 Å². The summed E-state index contributed by atoms with van der Waals surface area (Å²) in [5, 5.41) is 0. The lowest BCUT2D eigenvalue weighted by atomic mass is 10.1. The van der Waals surface area contributed by atoms with E-state index in [1.807, 2.05) is 28.8 Å². The molecule has 0 amide bonds. The van der Waals surface area contributed by atoms with Gasteiger partial charge >= 0.3 is 0 Å². The first-order chi connectivity index (χ1) is 10.2. The van der Waals surface area contributed by atoms with Crippen molar-refractivity contribution < 1.29 is 0 Å². The van der Waals surface area contributed by atoms with Gasteiger partial charge in [-0.15, -0.1) is 11.6 Å². The summed E-state index contributed by atoms with van der Waals surface area (Å²) >= 11 is 6.13. The highest BCUT2D eigenvalue weighted by Gasteiger charge is 2.14. The fraction of sp³-hybridized carbons (Fsp3) is 0.235. The number of nitrogens with zero attached hydrogens (tertiary/aromatic N) is 3. The molecule has 108 valence electrons. The molecule has 0 aliphatic rings. The maximum atomic E-state index is 6.13. The second kappa shape index (κ2) is 5.78. The summed E-state index contributed by atoms with van der Waals surface area (Å²) in [5.74, 6) is 1.38. The van der Waals surface area contributed by atoms with Gasteiger partial charge in [-0.3, -0.25) is 0 Å². The van der Waals surface area contributed by atoms with Gasteiger partial charge in [0, 0.05) is 19.8 Å². The van der Waals surface area contributed by atoms with Gasteiger partial charge < -0.3 is 9.30 Å². The number of halogens is 1. The first-order valence-electron chi connectivity index (χ1n) is 6.97. The topological polar surface area (TPSA) is 20.5 Å². The van der Waals surface area contributed by atoms with Crippen molar-refractivity contribution in [1.82, 2.24) is 9.38 Å². The molecule has 0 unspecified atom stereocenters. The van der Waals surface area contributed by atoms with Crippen LogP contribution in [0.4, 0.5) is 5.82 Å². The van der Waals surface area contributed by atoms with Gasteiger partial charge in [-0.1, -0.05) is 35.9 Å². The van der Waals surface area contributed by atoms with E-state index in [4.69, 9.17) is 16.6 Å². The number of aromatic nitrogens is 2. The Balaban J connectivity index is 1.93. The highest BCUT2D eigenvalue weighted by Crippen LogP contribution is 2.23. The van der Waals surface area contributed by atoms with Crippen molar-refractivity contribution >= 4 is 23.1 Å². The smallest absolute Gasteiger partial charge is 0.152 e. The van der Waals surface area contributed by atoms with Crippen LogP contribution >= 0.6 is 11.6 Å². The molecule has 0 atom stereocenters. The van der Waals surface area contributed by atoms with Gasteiger partial charge in [0.2, 0.25) is 0 Å². The summed E-state index contributed by atoms with van der Waals surface area (Å²) in [7, 11) is 2.05. The number of alkyl halides is 1. The average Bonchev–Trinajstić information content (AvgIpc) is 2.88. The normalized spacial score (nSPS) is 11.0. The predicted molar refractivity (Wildman–Crippen MR) is 88.0 cm³/mol. The third kappa shape index (κ3) is 2.74. The standard InChI is InChI=1S/C17H18ClN3/c1-13-6-8-14(9-7-13)12-20(2)17-15(11-18)21-10-4-3-5-16(21)19-17/h3-10H,11-12H2,1-2H3. The van der Waals surface area contributed by atoms with Gasteiger partial charge in [0.25, 0.3) is 0 Å². The molecule has 0 N–H and O–H groups in total. The highest BCUT2D eigenvalue weighted by atomic mass is 35.5. The van der Waals surface area contributed by atoms with Crippen LogP contribution in [-0.4, -0.2) is 16.4 Å². The molecule has 4 heteroatoms. The summed E-state index contributed by atoms with van der Waals surface area (Å²) in [4.78, 5) is 6.85. The lowest BCUT2D eigenvalue weighted by Gasteiger charge is -2.18. The molecule has 3 rings (SSSR count). The van der Waals surface area contributed by atoms with E-state index < -0.39 is 0 Å². The Morgan fingerprint density at radius 3 is 2.62 bits per heavy atom. The molecule has 0 aliphatic carbocycles. The third-order valence-electron chi connectivity index (χ3n) is 3.64. The Labute approximate surface area is 129 Å². The molecule has 3 nitrogen and oxygen atoms in total. The van der Waals surface area contributed by atoms with Crippen molar-refractivity contribution in [3.05, 3.63) is 65.5 Å². The van der Waals surface area contributed by atoms with Crippen LogP contribution in [-0.2, 0) is 12.4 Å². The van der Waals surface area contributed by atoms with E-state index >= 15 is 0 Å². The van der Waals surface area contributed by atoms with Crippen LogP contribution in [0.15, 0.2) is 48.7 Å². The first kappa shape index (κ1) is 14.0. The van der Waals surface area contributed by atoms with Crippen LogP contribution in [0.5, 0.6) is 0 Å².